The molecule has 0 saturated heterocycles. The monoisotopic (exact) mass is 299 g/mol. The molecule has 0 aliphatic heterocycles. The number of carbonyl (C=O) groups is 2. The summed E-state index contributed by atoms with van der Waals surface area (Å²) in [6.07, 6.45) is -0.101. The van der Waals surface area contributed by atoms with Crippen LogP contribution in [0.3, 0.4) is 0 Å². The van der Waals surface area contributed by atoms with E-state index in [9.17, 15) is 9.59 Å². The SMILES string of the molecule is Cc1ncsc1CNC(=O)NC(CC(=O)O)C(C)(C)C. The van der Waals surface area contributed by atoms with Crippen LogP contribution in [0.4, 0.5) is 4.79 Å². The van der Waals surface area contributed by atoms with E-state index in [0.29, 0.717) is 6.54 Å². The van der Waals surface area contributed by atoms with Gasteiger partial charge in [0, 0.05) is 10.9 Å². The summed E-state index contributed by atoms with van der Waals surface area (Å²) in [5.74, 6) is -0.927. The second-order valence-corrected chi connectivity index (χ2v) is 6.64. The predicted molar refractivity (Wildman–Crippen MR) is 77.7 cm³/mol. The molecule has 3 N–H and O–H groups in total. The van der Waals surface area contributed by atoms with Crippen LogP contribution < -0.4 is 10.6 Å². The van der Waals surface area contributed by atoms with E-state index in [1.165, 1.54) is 11.3 Å². The summed E-state index contributed by atoms with van der Waals surface area (Å²) in [5, 5.41) is 14.4. The Morgan fingerprint density at radius 2 is 2.10 bits per heavy atom. The maximum absolute atomic E-state index is 11.9. The number of nitrogens with one attached hydrogen (secondary N) is 2. The molecule has 6 nitrogen and oxygen atoms in total. The second-order valence-electron chi connectivity index (χ2n) is 5.70. The number of rotatable bonds is 5. The summed E-state index contributed by atoms with van der Waals surface area (Å²) in [7, 11) is 0. The van der Waals surface area contributed by atoms with Crippen molar-refractivity contribution in [1.29, 1.82) is 0 Å². The maximum atomic E-state index is 11.9. The van der Waals surface area contributed by atoms with E-state index >= 15 is 0 Å². The van der Waals surface area contributed by atoms with Gasteiger partial charge in [0.2, 0.25) is 0 Å². The van der Waals surface area contributed by atoms with Crippen LogP contribution in [0.25, 0.3) is 0 Å². The van der Waals surface area contributed by atoms with Crippen molar-refractivity contribution in [3.63, 3.8) is 0 Å². The lowest BCUT2D eigenvalue weighted by Gasteiger charge is -2.30. The van der Waals surface area contributed by atoms with E-state index in [1.54, 1.807) is 5.51 Å². The molecule has 0 bridgehead atoms. The van der Waals surface area contributed by atoms with Gasteiger partial charge in [-0.2, -0.15) is 0 Å². The lowest BCUT2D eigenvalue weighted by Crippen LogP contribution is -2.48. The van der Waals surface area contributed by atoms with E-state index in [-0.39, 0.29) is 17.9 Å². The topological polar surface area (TPSA) is 91.3 Å². The standard InChI is InChI=1S/C13H21N3O3S/c1-8-9(20-7-15-8)6-14-12(19)16-10(5-11(17)18)13(2,3)4/h7,10H,5-6H2,1-4H3,(H,17,18)(H2,14,16,19). The van der Waals surface area contributed by atoms with Crippen LogP contribution in [0.5, 0.6) is 0 Å². The Balaban J connectivity index is 2.54. The zero-order valence-corrected chi connectivity index (χ0v) is 13.0. The smallest absolute Gasteiger partial charge is 0.315 e. The molecule has 1 unspecified atom stereocenters. The molecule has 0 aromatic carbocycles. The minimum atomic E-state index is -0.927. The highest BCUT2D eigenvalue weighted by Gasteiger charge is 2.28. The summed E-state index contributed by atoms with van der Waals surface area (Å²) in [5.41, 5.74) is 2.30. The van der Waals surface area contributed by atoms with Gasteiger partial charge in [-0.15, -0.1) is 11.3 Å². The van der Waals surface area contributed by atoms with Crippen molar-refractivity contribution in [1.82, 2.24) is 15.6 Å². The average Bonchev–Trinajstić information content (AvgIpc) is 2.69. The number of aromatic nitrogens is 1. The van der Waals surface area contributed by atoms with Gasteiger partial charge in [0.1, 0.15) is 0 Å². The molecule has 0 fully saturated rings. The highest BCUT2D eigenvalue weighted by molar-refractivity contribution is 7.09. The third-order valence-electron chi connectivity index (χ3n) is 2.98. The summed E-state index contributed by atoms with van der Waals surface area (Å²) >= 11 is 1.48. The summed E-state index contributed by atoms with van der Waals surface area (Å²) in [4.78, 5) is 27.8. The second kappa shape index (κ2) is 6.69. The highest BCUT2D eigenvalue weighted by atomic mass is 32.1. The van der Waals surface area contributed by atoms with E-state index in [1.807, 2.05) is 27.7 Å². The largest absolute Gasteiger partial charge is 0.481 e. The lowest BCUT2D eigenvalue weighted by molar-refractivity contribution is -0.138. The van der Waals surface area contributed by atoms with E-state index < -0.39 is 12.0 Å². The van der Waals surface area contributed by atoms with Gasteiger partial charge < -0.3 is 15.7 Å². The van der Waals surface area contributed by atoms with Crippen molar-refractivity contribution in [3.8, 4) is 0 Å². The predicted octanol–water partition coefficient (Wildman–Crippen LogP) is 2.14. The molecule has 7 heteroatoms. The van der Waals surface area contributed by atoms with Crippen molar-refractivity contribution in [2.24, 2.45) is 5.41 Å². The Morgan fingerprint density at radius 1 is 1.45 bits per heavy atom. The molecule has 0 spiro atoms. The van der Waals surface area contributed by atoms with E-state index in [0.717, 1.165) is 10.6 Å². The van der Waals surface area contributed by atoms with Crippen LogP contribution in [-0.2, 0) is 11.3 Å². The molecule has 0 saturated carbocycles. The van der Waals surface area contributed by atoms with Gasteiger partial charge in [0.05, 0.1) is 24.2 Å². The molecule has 1 atom stereocenters. The van der Waals surface area contributed by atoms with Crippen LogP contribution in [0, 0.1) is 12.3 Å². The van der Waals surface area contributed by atoms with Gasteiger partial charge in [-0.3, -0.25) is 4.79 Å². The third-order valence-corrected chi connectivity index (χ3v) is 3.92. The highest BCUT2D eigenvalue weighted by Crippen LogP contribution is 2.21. The van der Waals surface area contributed by atoms with Crippen LogP contribution in [-0.4, -0.2) is 28.1 Å². The fourth-order valence-electron chi connectivity index (χ4n) is 1.61. The van der Waals surface area contributed by atoms with Crippen LogP contribution >= 0.6 is 11.3 Å². The Labute approximate surface area is 122 Å². The number of hydrogen-bond donors (Lipinski definition) is 3. The minimum absolute atomic E-state index is 0.101. The normalized spacial score (nSPS) is 12.8. The molecule has 1 aromatic heterocycles. The van der Waals surface area contributed by atoms with Gasteiger partial charge in [-0.05, 0) is 12.3 Å². The number of hydrogen-bond acceptors (Lipinski definition) is 4. The molecule has 112 valence electrons. The van der Waals surface area contributed by atoms with E-state index in [2.05, 4.69) is 15.6 Å². The average molecular weight is 299 g/mol. The fraction of sp³-hybridized carbons (Fsp3) is 0.615. The number of aliphatic carboxylic acids is 1. The van der Waals surface area contributed by atoms with Crippen LogP contribution in [0.1, 0.15) is 37.8 Å². The van der Waals surface area contributed by atoms with Gasteiger partial charge in [0.25, 0.3) is 0 Å². The molecule has 1 rings (SSSR count). The van der Waals surface area contributed by atoms with Gasteiger partial charge in [-0.25, -0.2) is 9.78 Å². The van der Waals surface area contributed by atoms with Crippen LogP contribution in [0.2, 0.25) is 0 Å². The van der Waals surface area contributed by atoms with Crippen LogP contribution in [0.15, 0.2) is 5.51 Å². The molecular formula is C13H21N3O3S. The van der Waals surface area contributed by atoms with Crippen molar-refractivity contribution in [3.05, 3.63) is 16.1 Å². The maximum Gasteiger partial charge on any atom is 0.315 e. The first-order chi connectivity index (χ1) is 9.20. The molecular weight excluding hydrogens is 278 g/mol. The molecule has 0 radical (unpaired) electrons. The number of urea groups is 1. The lowest BCUT2D eigenvalue weighted by atomic mass is 9.85. The first kappa shape index (κ1) is 16.4. The van der Waals surface area contributed by atoms with Crippen molar-refractivity contribution >= 4 is 23.3 Å². The number of carbonyl (C=O) groups excluding carboxylic acids is 1. The zero-order chi connectivity index (χ0) is 15.3. The molecule has 20 heavy (non-hydrogen) atoms. The van der Waals surface area contributed by atoms with Gasteiger partial charge >= 0.3 is 12.0 Å². The summed E-state index contributed by atoms with van der Waals surface area (Å²) < 4.78 is 0. The molecule has 2 amide bonds. The number of nitrogens with zero attached hydrogens (tertiary/aromatic N) is 1. The third kappa shape index (κ3) is 5.16. The van der Waals surface area contributed by atoms with Gasteiger partial charge in [-0.1, -0.05) is 20.8 Å². The zero-order valence-electron chi connectivity index (χ0n) is 12.2. The number of thiazole rings is 1. The Hall–Kier alpha value is -1.63. The molecule has 1 heterocycles. The van der Waals surface area contributed by atoms with Crippen molar-refractivity contribution in [2.45, 2.75) is 46.7 Å². The van der Waals surface area contributed by atoms with Gasteiger partial charge in [0.15, 0.2) is 0 Å². The summed E-state index contributed by atoms with van der Waals surface area (Å²) in [6.45, 7) is 7.97. The fourth-order valence-corrected chi connectivity index (χ4v) is 2.33. The van der Waals surface area contributed by atoms with Crippen molar-refractivity contribution in [2.75, 3.05) is 0 Å². The molecule has 1 aromatic rings. The molecule has 0 aliphatic rings. The number of carboxylic acids is 1. The van der Waals surface area contributed by atoms with E-state index in [4.69, 9.17) is 5.11 Å². The number of carboxylic acid groups (broad SMARTS) is 1. The van der Waals surface area contributed by atoms with Crippen molar-refractivity contribution < 1.29 is 14.7 Å². The first-order valence-corrected chi connectivity index (χ1v) is 7.23. The molecule has 0 aliphatic carbocycles. The first-order valence-electron chi connectivity index (χ1n) is 6.35. The summed E-state index contributed by atoms with van der Waals surface area (Å²) in [6, 6.07) is -0.790. The Kier molecular flexibility index (Phi) is 5.50. The quantitative estimate of drug-likeness (QED) is 0.777. The Morgan fingerprint density at radius 3 is 2.55 bits per heavy atom. The Bertz CT molecular complexity index is 479. The number of amides is 2. The number of aryl methyl sites for hydroxylation is 1. The minimum Gasteiger partial charge on any atom is -0.481 e.